The maximum Gasteiger partial charge on any atom is 0.472 e. The molecular weight excluding hydrogens is 737 g/mol. The Labute approximate surface area is 352 Å². The molecule has 0 aliphatic heterocycles. The average molecular weight is 832 g/mol. The van der Waals surface area contributed by atoms with Crippen molar-refractivity contribution in [3.8, 4) is 0 Å². The molecule has 340 valence electrons. The molecule has 0 saturated heterocycles. The van der Waals surface area contributed by atoms with Crippen LogP contribution in [-0.2, 0) is 32.7 Å². The zero-order valence-corrected chi connectivity index (χ0v) is 39.0. The first-order chi connectivity index (χ1) is 27.7. The molecule has 0 spiro atoms. The molecule has 10 heteroatoms. The molecule has 57 heavy (non-hydrogen) atoms. The van der Waals surface area contributed by atoms with Crippen molar-refractivity contribution in [2.75, 3.05) is 40.5 Å². The number of hydrogen-bond acceptors (Lipinski definition) is 8. The summed E-state index contributed by atoms with van der Waals surface area (Å²) in [4.78, 5) is 37.1. The number of phosphoric acid groups is 1. The number of hydrogen-bond donors (Lipinski definition) is 1. The van der Waals surface area contributed by atoms with Gasteiger partial charge in [-0.05, 0) is 26.9 Å². The topological polar surface area (TPSA) is 112 Å². The number of carbonyl (C=O) groups is 2. The third-order valence-electron chi connectivity index (χ3n) is 10.9. The van der Waals surface area contributed by atoms with Crippen LogP contribution in [0.3, 0.4) is 0 Å². The highest BCUT2D eigenvalue weighted by atomic mass is 31.2. The first kappa shape index (κ1) is 56.0. The lowest BCUT2D eigenvalue weighted by molar-refractivity contribution is -0.161. The molecule has 2 atom stereocenters. The van der Waals surface area contributed by atoms with E-state index in [0.717, 1.165) is 38.5 Å². The minimum Gasteiger partial charge on any atom is -0.462 e. The third kappa shape index (κ3) is 44.4. The molecule has 0 aromatic rings. The van der Waals surface area contributed by atoms with Crippen LogP contribution in [0.5, 0.6) is 0 Å². The van der Waals surface area contributed by atoms with E-state index >= 15 is 0 Å². The molecule has 1 N–H and O–H groups in total. The van der Waals surface area contributed by atoms with E-state index in [-0.39, 0.29) is 25.6 Å². The Bertz CT molecular complexity index is 920. The Kier molecular flexibility index (Phi) is 42.4. The van der Waals surface area contributed by atoms with Gasteiger partial charge in [0.1, 0.15) is 6.61 Å². The van der Waals surface area contributed by atoms with E-state index < -0.39 is 26.5 Å². The van der Waals surface area contributed by atoms with Crippen LogP contribution in [0.4, 0.5) is 0 Å². The standard InChI is InChI=1S/C47H94NO8P/c1-5-7-9-11-13-15-17-19-21-23-25-27-29-31-33-35-37-39-46(49)53-43-45(44-55-57(51,52)54-42-41-48(3)4)56-47(50)40-38-36-34-32-30-28-26-24-22-20-18-16-14-12-10-8-6-2/h45H,5-44H2,1-4H3,(H,51,52)/t45-/m0/s1. The van der Waals surface area contributed by atoms with Gasteiger partial charge >= 0.3 is 19.8 Å². The van der Waals surface area contributed by atoms with Gasteiger partial charge in [0.2, 0.25) is 0 Å². The third-order valence-corrected chi connectivity index (χ3v) is 11.9. The normalized spacial score (nSPS) is 13.2. The molecule has 0 aromatic heterocycles. The Morgan fingerprint density at radius 1 is 0.474 bits per heavy atom. The molecule has 0 aliphatic carbocycles. The number of rotatable bonds is 46. The van der Waals surface area contributed by atoms with E-state index in [2.05, 4.69) is 13.8 Å². The summed E-state index contributed by atoms with van der Waals surface area (Å²) < 4.78 is 33.6. The second kappa shape index (κ2) is 43.1. The fourth-order valence-corrected chi connectivity index (χ4v) is 7.90. The van der Waals surface area contributed by atoms with Gasteiger partial charge in [0.15, 0.2) is 6.10 Å². The maximum absolute atomic E-state index is 12.7. The fraction of sp³-hybridized carbons (Fsp3) is 0.957. The van der Waals surface area contributed by atoms with Crippen LogP contribution in [0.1, 0.15) is 245 Å². The molecule has 0 rings (SSSR count). The number of unbranched alkanes of at least 4 members (excludes halogenated alkanes) is 32. The van der Waals surface area contributed by atoms with Gasteiger partial charge in [-0.2, -0.15) is 0 Å². The summed E-state index contributed by atoms with van der Waals surface area (Å²) in [5.41, 5.74) is 0. The zero-order valence-electron chi connectivity index (χ0n) is 38.1. The minimum atomic E-state index is -4.36. The van der Waals surface area contributed by atoms with Crippen LogP contribution in [0.15, 0.2) is 0 Å². The van der Waals surface area contributed by atoms with Gasteiger partial charge in [0.25, 0.3) is 0 Å². The summed E-state index contributed by atoms with van der Waals surface area (Å²) in [5.74, 6) is -0.783. The first-order valence-corrected chi connectivity index (χ1v) is 25.8. The van der Waals surface area contributed by atoms with Gasteiger partial charge < -0.3 is 19.3 Å². The molecule has 0 fully saturated rings. The van der Waals surface area contributed by atoms with Gasteiger partial charge in [-0.25, -0.2) is 4.57 Å². The highest BCUT2D eigenvalue weighted by Gasteiger charge is 2.26. The largest absolute Gasteiger partial charge is 0.472 e. The number of likely N-dealkylation sites (N-methyl/N-ethyl adjacent to an activating group) is 1. The van der Waals surface area contributed by atoms with Crippen molar-refractivity contribution in [2.45, 2.75) is 251 Å². The van der Waals surface area contributed by atoms with Crippen molar-refractivity contribution in [3.63, 3.8) is 0 Å². The van der Waals surface area contributed by atoms with Crippen molar-refractivity contribution in [1.29, 1.82) is 0 Å². The summed E-state index contributed by atoms with van der Waals surface area (Å²) in [6, 6.07) is 0. The van der Waals surface area contributed by atoms with Gasteiger partial charge in [-0.15, -0.1) is 0 Å². The molecule has 0 radical (unpaired) electrons. The predicted molar refractivity (Wildman–Crippen MR) is 239 cm³/mol. The molecule has 9 nitrogen and oxygen atoms in total. The van der Waals surface area contributed by atoms with Crippen molar-refractivity contribution >= 4 is 19.8 Å². The summed E-state index contributed by atoms with van der Waals surface area (Å²) in [6.07, 6.45) is 42.9. The smallest absolute Gasteiger partial charge is 0.462 e. The van der Waals surface area contributed by atoms with Crippen LogP contribution >= 0.6 is 7.82 Å². The van der Waals surface area contributed by atoms with E-state index in [4.69, 9.17) is 18.5 Å². The molecule has 0 aliphatic rings. The number of esters is 2. The van der Waals surface area contributed by atoms with E-state index in [1.54, 1.807) is 0 Å². The van der Waals surface area contributed by atoms with E-state index in [9.17, 15) is 19.0 Å². The van der Waals surface area contributed by atoms with Crippen molar-refractivity contribution in [2.24, 2.45) is 0 Å². The second-order valence-electron chi connectivity index (χ2n) is 17.0. The molecular formula is C47H94NO8P. The Morgan fingerprint density at radius 2 is 0.789 bits per heavy atom. The highest BCUT2D eigenvalue weighted by molar-refractivity contribution is 7.47. The lowest BCUT2D eigenvalue weighted by Crippen LogP contribution is -2.29. The zero-order chi connectivity index (χ0) is 41.9. The van der Waals surface area contributed by atoms with E-state index in [0.29, 0.717) is 13.0 Å². The quantitative estimate of drug-likeness (QED) is 0.0364. The molecule has 0 bridgehead atoms. The molecule has 1 unspecified atom stereocenters. The lowest BCUT2D eigenvalue weighted by atomic mass is 10.0. The van der Waals surface area contributed by atoms with Crippen LogP contribution < -0.4 is 0 Å². The summed E-state index contributed by atoms with van der Waals surface area (Å²) >= 11 is 0. The fourth-order valence-electron chi connectivity index (χ4n) is 7.16. The van der Waals surface area contributed by atoms with Crippen molar-refractivity contribution in [3.05, 3.63) is 0 Å². The predicted octanol–water partition coefficient (Wildman–Crippen LogP) is 14.2. The summed E-state index contributed by atoms with van der Waals surface area (Å²) in [6.45, 7) is 4.38. The van der Waals surface area contributed by atoms with Gasteiger partial charge in [0, 0.05) is 19.4 Å². The molecule has 0 saturated carbocycles. The van der Waals surface area contributed by atoms with Gasteiger partial charge in [-0.3, -0.25) is 18.6 Å². The van der Waals surface area contributed by atoms with Crippen molar-refractivity contribution in [1.82, 2.24) is 4.90 Å². The van der Waals surface area contributed by atoms with Crippen LogP contribution in [0.2, 0.25) is 0 Å². The molecule has 0 heterocycles. The van der Waals surface area contributed by atoms with Crippen LogP contribution in [-0.4, -0.2) is 68.3 Å². The summed E-state index contributed by atoms with van der Waals surface area (Å²) in [5, 5.41) is 0. The van der Waals surface area contributed by atoms with Gasteiger partial charge in [-0.1, -0.05) is 219 Å². The van der Waals surface area contributed by atoms with E-state index in [1.165, 1.54) is 180 Å². The second-order valence-corrected chi connectivity index (χ2v) is 18.5. The van der Waals surface area contributed by atoms with E-state index in [1.807, 2.05) is 19.0 Å². The molecule has 0 amide bonds. The first-order valence-electron chi connectivity index (χ1n) is 24.3. The lowest BCUT2D eigenvalue weighted by Gasteiger charge is -2.20. The monoisotopic (exact) mass is 832 g/mol. The van der Waals surface area contributed by atoms with Gasteiger partial charge in [0.05, 0.1) is 13.2 Å². The summed E-state index contributed by atoms with van der Waals surface area (Å²) in [7, 11) is -0.696. The van der Waals surface area contributed by atoms with Crippen LogP contribution in [0, 0.1) is 0 Å². The number of ether oxygens (including phenoxy) is 2. The number of nitrogens with zero attached hydrogens (tertiary/aromatic N) is 1. The molecule has 0 aromatic carbocycles. The Hall–Kier alpha value is -0.990. The SMILES string of the molecule is CCCCCCCCCCCCCCCCCCCC(=O)OC[C@@H](COP(=O)(O)OCCN(C)C)OC(=O)CCCCCCCCCCCCCCCCCCC. The van der Waals surface area contributed by atoms with Crippen LogP contribution in [0.25, 0.3) is 0 Å². The van der Waals surface area contributed by atoms with Crippen molar-refractivity contribution < 1.29 is 37.6 Å². The number of phosphoric ester groups is 1. The highest BCUT2D eigenvalue weighted by Crippen LogP contribution is 2.43. The Morgan fingerprint density at radius 3 is 1.12 bits per heavy atom. The average Bonchev–Trinajstić information content (AvgIpc) is 3.18. The minimum absolute atomic E-state index is 0.0128. The number of carbonyl (C=O) groups excluding carboxylic acids is 2. The maximum atomic E-state index is 12.7. The Balaban J connectivity index is 4.17.